The second-order valence-corrected chi connectivity index (χ2v) is 7.49. The minimum atomic E-state index is -1.01. The monoisotopic (exact) mass is 433 g/mol. The number of carbonyl (C=O) groups excluding carboxylic acids is 1. The number of aliphatic carboxylic acids is 1. The van der Waals surface area contributed by atoms with Crippen molar-refractivity contribution in [2.75, 3.05) is 13.2 Å². The first kappa shape index (κ1) is 21.3. The summed E-state index contributed by atoms with van der Waals surface area (Å²) in [6.07, 6.45) is -0.214. The van der Waals surface area contributed by atoms with Gasteiger partial charge in [-0.3, -0.25) is 18.7 Å². The fraction of sp³-hybridized carbons (Fsp3) is 0.208. The molecule has 3 aromatic carbocycles. The Labute approximate surface area is 183 Å². The van der Waals surface area contributed by atoms with Crippen molar-refractivity contribution >= 4 is 33.7 Å². The van der Waals surface area contributed by atoms with Crippen LogP contribution in [0.15, 0.2) is 65.5 Å². The van der Waals surface area contributed by atoms with Crippen molar-refractivity contribution in [3.63, 3.8) is 0 Å². The molecule has 1 heterocycles. The number of carboxylic acid groups (broad SMARTS) is 1. The van der Waals surface area contributed by atoms with Gasteiger partial charge in [-0.05, 0) is 34.5 Å². The summed E-state index contributed by atoms with van der Waals surface area (Å²) >= 11 is 0. The van der Waals surface area contributed by atoms with Crippen LogP contribution in [0.2, 0.25) is 0 Å². The van der Waals surface area contributed by atoms with Gasteiger partial charge >= 0.3 is 11.7 Å². The van der Waals surface area contributed by atoms with E-state index in [9.17, 15) is 14.4 Å². The summed E-state index contributed by atoms with van der Waals surface area (Å²) in [4.78, 5) is 36.8. The molecular formula is C24H23N3O5. The van der Waals surface area contributed by atoms with Gasteiger partial charge in [-0.1, -0.05) is 42.5 Å². The van der Waals surface area contributed by atoms with Crippen molar-refractivity contribution in [3.05, 3.63) is 82.3 Å². The number of aromatic nitrogens is 2. The number of hydrogen-bond donors (Lipinski definition) is 3. The van der Waals surface area contributed by atoms with Crippen LogP contribution >= 0.6 is 0 Å². The zero-order valence-corrected chi connectivity index (χ0v) is 17.3. The largest absolute Gasteiger partial charge is 0.481 e. The Balaban J connectivity index is 1.83. The first-order valence-corrected chi connectivity index (χ1v) is 10.3. The zero-order valence-electron chi connectivity index (χ0n) is 17.3. The van der Waals surface area contributed by atoms with Crippen molar-refractivity contribution in [1.82, 2.24) is 14.5 Å². The van der Waals surface area contributed by atoms with Crippen LogP contribution in [0.3, 0.4) is 0 Å². The molecule has 0 aliphatic carbocycles. The fourth-order valence-electron chi connectivity index (χ4n) is 3.91. The first-order valence-electron chi connectivity index (χ1n) is 10.3. The number of aliphatic hydroxyl groups is 1. The van der Waals surface area contributed by atoms with E-state index in [0.29, 0.717) is 23.1 Å². The highest BCUT2D eigenvalue weighted by Gasteiger charge is 2.17. The number of hydrogen-bond acceptors (Lipinski definition) is 4. The van der Waals surface area contributed by atoms with Gasteiger partial charge in [-0.2, -0.15) is 0 Å². The minimum absolute atomic E-state index is 0.00504. The van der Waals surface area contributed by atoms with E-state index in [-0.39, 0.29) is 37.7 Å². The Morgan fingerprint density at radius 3 is 2.50 bits per heavy atom. The second kappa shape index (κ2) is 9.07. The van der Waals surface area contributed by atoms with E-state index in [1.807, 2.05) is 42.5 Å². The standard InChI is InChI=1S/C24H23N3O5/c28-13-11-25-23(31)17-8-9-20-21(14-17)26(12-10-22(29)30)24(32)27(20)15-18-6-3-5-16-4-1-2-7-19(16)18/h1-9,14,28H,10-13,15H2,(H,25,31)(H,29,30). The van der Waals surface area contributed by atoms with Crippen molar-refractivity contribution in [2.45, 2.75) is 19.5 Å². The SMILES string of the molecule is O=C(O)CCn1c(=O)n(Cc2cccc3ccccc23)c2ccc(C(=O)NCCO)cc21. The Kier molecular flexibility index (Phi) is 6.04. The van der Waals surface area contributed by atoms with Crippen molar-refractivity contribution in [1.29, 1.82) is 0 Å². The molecule has 32 heavy (non-hydrogen) atoms. The van der Waals surface area contributed by atoms with Crippen LogP contribution in [0.1, 0.15) is 22.3 Å². The summed E-state index contributed by atoms with van der Waals surface area (Å²) in [7, 11) is 0. The lowest BCUT2D eigenvalue weighted by molar-refractivity contribution is -0.137. The molecule has 164 valence electrons. The van der Waals surface area contributed by atoms with Crippen LogP contribution in [0, 0.1) is 0 Å². The van der Waals surface area contributed by atoms with Crippen LogP contribution in [0.4, 0.5) is 0 Å². The van der Waals surface area contributed by atoms with Gasteiger partial charge in [0.1, 0.15) is 0 Å². The predicted octanol–water partition coefficient (Wildman–Crippen LogP) is 2.20. The zero-order chi connectivity index (χ0) is 22.7. The van der Waals surface area contributed by atoms with Gasteiger partial charge in [0.15, 0.2) is 0 Å². The smallest absolute Gasteiger partial charge is 0.329 e. The summed E-state index contributed by atoms with van der Waals surface area (Å²) in [6.45, 7) is 0.241. The number of benzene rings is 3. The molecule has 0 aliphatic rings. The van der Waals surface area contributed by atoms with Gasteiger partial charge in [0.2, 0.25) is 0 Å². The molecule has 0 bridgehead atoms. The van der Waals surface area contributed by atoms with Gasteiger partial charge in [-0.15, -0.1) is 0 Å². The molecule has 0 fully saturated rings. The average Bonchev–Trinajstić information content (AvgIpc) is 3.06. The Morgan fingerprint density at radius 1 is 0.938 bits per heavy atom. The van der Waals surface area contributed by atoms with E-state index < -0.39 is 5.97 Å². The van der Waals surface area contributed by atoms with Crippen LogP contribution in [-0.4, -0.2) is 44.4 Å². The molecule has 0 spiro atoms. The van der Waals surface area contributed by atoms with E-state index in [1.54, 1.807) is 22.8 Å². The maximum Gasteiger partial charge on any atom is 0.329 e. The molecule has 0 aliphatic heterocycles. The maximum absolute atomic E-state index is 13.3. The highest BCUT2D eigenvalue weighted by Crippen LogP contribution is 2.22. The van der Waals surface area contributed by atoms with Crippen LogP contribution in [0.25, 0.3) is 21.8 Å². The molecule has 0 radical (unpaired) electrons. The molecule has 0 atom stereocenters. The van der Waals surface area contributed by atoms with Gasteiger partial charge in [-0.25, -0.2) is 4.79 Å². The molecule has 1 aromatic heterocycles. The lowest BCUT2D eigenvalue weighted by Gasteiger charge is -2.08. The number of fused-ring (bicyclic) bond motifs is 2. The van der Waals surface area contributed by atoms with E-state index in [1.165, 1.54) is 4.57 Å². The van der Waals surface area contributed by atoms with E-state index in [4.69, 9.17) is 10.2 Å². The van der Waals surface area contributed by atoms with Crippen molar-refractivity contribution < 1.29 is 19.8 Å². The van der Waals surface area contributed by atoms with Crippen molar-refractivity contribution in [2.24, 2.45) is 0 Å². The van der Waals surface area contributed by atoms with E-state index in [2.05, 4.69) is 5.32 Å². The average molecular weight is 433 g/mol. The number of carbonyl (C=O) groups is 2. The number of amides is 1. The number of nitrogens with zero attached hydrogens (tertiary/aromatic N) is 2. The van der Waals surface area contributed by atoms with Crippen LogP contribution in [-0.2, 0) is 17.9 Å². The summed E-state index contributed by atoms with van der Waals surface area (Å²) in [6, 6.07) is 18.7. The second-order valence-electron chi connectivity index (χ2n) is 7.49. The molecule has 0 saturated carbocycles. The molecule has 1 amide bonds. The maximum atomic E-state index is 13.3. The van der Waals surface area contributed by atoms with Gasteiger partial charge in [0.25, 0.3) is 5.91 Å². The third-order valence-corrected chi connectivity index (χ3v) is 5.44. The number of aliphatic hydroxyl groups excluding tert-OH is 1. The highest BCUT2D eigenvalue weighted by molar-refractivity contribution is 5.97. The summed E-state index contributed by atoms with van der Waals surface area (Å²) in [5.74, 6) is -1.39. The molecule has 0 unspecified atom stereocenters. The van der Waals surface area contributed by atoms with Crippen LogP contribution in [0.5, 0.6) is 0 Å². The predicted molar refractivity (Wildman–Crippen MR) is 121 cm³/mol. The molecule has 8 nitrogen and oxygen atoms in total. The molecule has 8 heteroatoms. The van der Waals surface area contributed by atoms with Gasteiger partial charge in [0, 0.05) is 18.7 Å². The Hall–Kier alpha value is -3.91. The molecule has 4 aromatic rings. The Morgan fingerprint density at radius 2 is 1.72 bits per heavy atom. The summed E-state index contributed by atoms with van der Waals surface area (Å²) < 4.78 is 3.01. The molecule has 0 saturated heterocycles. The lowest BCUT2D eigenvalue weighted by Crippen LogP contribution is -2.26. The number of nitrogens with one attached hydrogen (secondary N) is 1. The molecule has 3 N–H and O–H groups in total. The topological polar surface area (TPSA) is 114 Å². The number of rotatable bonds is 8. The van der Waals surface area contributed by atoms with Gasteiger partial charge < -0.3 is 15.5 Å². The third kappa shape index (κ3) is 4.13. The van der Waals surface area contributed by atoms with E-state index >= 15 is 0 Å². The summed E-state index contributed by atoms with van der Waals surface area (Å²) in [5.41, 5.74) is 2.08. The molecule has 4 rings (SSSR count). The lowest BCUT2D eigenvalue weighted by atomic mass is 10.0. The Bertz CT molecular complexity index is 1360. The van der Waals surface area contributed by atoms with Crippen molar-refractivity contribution in [3.8, 4) is 0 Å². The highest BCUT2D eigenvalue weighted by atomic mass is 16.4. The first-order chi connectivity index (χ1) is 15.5. The minimum Gasteiger partial charge on any atom is -0.481 e. The number of imidazole rings is 1. The van der Waals surface area contributed by atoms with E-state index in [0.717, 1.165) is 16.3 Å². The third-order valence-electron chi connectivity index (χ3n) is 5.44. The molecular weight excluding hydrogens is 410 g/mol. The summed E-state index contributed by atoms with van der Waals surface area (Å²) in [5, 5.41) is 22.8. The number of carboxylic acids is 1. The van der Waals surface area contributed by atoms with Gasteiger partial charge in [0.05, 0.1) is 30.6 Å². The quantitative estimate of drug-likeness (QED) is 0.394. The number of aryl methyl sites for hydroxylation is 1. The fourth-order valence-corrected chi connectivity index (χ4v) is 3.91. The normalized spacial score (nSPS) is 11.2. The van der Waals surface area contributed by atoms with Crippen LogP contribution < -0.4 is 11.0 Å².